The molecule has 0 spiro atoms. The summed E-state index contributed by atoms with van der Waals surface area (Å²) in [4.78, 5) is 21.3. The van der Waals surface area contributed by atoms with Crippen LogP contribution in [0, 0.1) is 0 Å². The van der Waals surface area contributed by atoms with E-state index in [1.54, 1.807) is 11.3 Å². The molecule has 2 N–H and O–H groups in total. The van der Waals surface area contributed by atoms with Crippen LogP contribution in [-0.2, 0) is 17.6 Å². The zero-order chi connectivity index (χ0) is 13.4. The molecule has 0 bridgehead atoms. The molecule has 0 amide bonds. The Kier molecular flexibility index (Phi) is 3.32. The molecule has 0 fully saturated rings. The molecule has 0 radical (unpaired) electrons. The third-order valence-electron chi connectivity index (χ3n) is 3.14. The Balaban J connectivity index is 2.03. The van der Waals surface area contributed by atoms with E-state index in [4.69, 9.17) is 5.73 Å². The van der Waals surface area contributed by atoms with Crippen molar-refractivity contribution in [2.24, 2.45) is 0 Å². The van der Waals surface area contributed by atoms with Crippen LogP contribution in [-0.4, -0.2) is 21.7 Å². The first-order valence-electron chi connectivity index (χ1n) is 6.05. The van der Waals surface area contributed by atoms with Crippen LogP contribution < -0.4 is 10.8 Å². The number of nitrogen functional groups attached to an aromatic ring is 1. The minimum Gasteiger partial charge on any atom is -0.549 e. The van der Waals surface area contributed by atoms with Gasteiger partial charge in [0, 0.05) is 10.6 Å². The number of nitrogens with two attached hydrogens (primary N) is 1. The molecule has 2 heterocycles. The van der Waals surface area contributed by atoms with Gasteiger partial charge in [-0.05, 0) is 31.2 Å². The monoisotopic (exact) mass is 294 g/mol. The smallest absolute Gasteiger partial charge is 0.191 e. The summed E-state index contributed by atoms with van der Waals surface area (Å²) in [5.41, 5.74) is 7.30. The van der Waals surface area contributed by atoms with E-state index in [2.05, 4.69) is 9.97 Å². The maximum absolute atomic E-state index is 10.5. The molecule has 19 heavy (non-hydrogen) atoms. The third-order valence-corrected chi connectivity index (χ3v) is 5.15. The molecule has 0 saturated heterocycles. The predicted molar refractivity (Wildman–Crippen MR) is 74.2 cm³/mol. The SMILES string of the molecule is Nc1nc(SCC(=O)[O-])nc2sc3c(c12)CCCC3. The normalized spacial score (nSPS) is 14.5. The maximum atomic E-state index is 10.5. The molecular formula is C12H12N3O2S2-. The van der Waals surface area contributed by atoms with Crippen LogP contribution in [0.15, 0.2) is 5.16 Å². The number of rotatable bonds is 3. The van der Waals surface area contributed by atoms with E-state index in [1.807, 2.05) is 0 Å². The number of anilines is 1. The lowest BCUT2D eigenvalue weighted by molar-refractivity contribution is -0.301. The summed E-state index contributed by atoms with van der Waals surface area (Å²) >= 11 is 2.70. The van der Waals surface area contributed by atoms with Gasteiger partial charge >= 0.3 is 0 Å². The van der Waals surface area contributed by atoms with Gasteiger partial charge in [-0.2, -0.15) is 0 Å². The number of carbonyl (C=O) groups is 1. The number of thiophene rings is 1. The minimum atomic E-state index is -1.13. The number of aryl methyl sites for hydroxylation is 2. The molecule has 0 atom stereocenters. The number of aromatic nitrogens is 2. The molecule has 100 valence electrons. The second-order valence-corrected chi connectivity index (χ2v) is 6.47. The second kappa shape index (κ2) is 4.97. The van der Waals surface area contributed by atoms with Gasteiger partial charge in [0.1, 0.15) is 10.6 Å². The van der Waals surface area contributed by atoms with Crippen molar-refractivity contribution in [2.45, 2.75) is 30.8 Å². The average molecular weight is 294 g/mol. The quantitative estimate of drug-likeness (QED) is 0.670. The van der Waals surface area contributed by atoms with Crippen molar-refractivity contribution in [3.63, 3.8) is 0 Å². The Morgan fingerprint density at radius 1 is 1.37 bits per heavy atom. The van der Waals surface area contributed by atoms with Gasteiger partial charge in [-0.25, -0.2) is 9.97 Å². The number of carboxylic acids is 1. The Hall–Kier alpha value is -1.34. The van der Waals surface area contributed by atoms with Crippen molar-refractivity contribution >= 4 is 45.1 Å². The number of aliphatic carboxylic acids is 1. The van der Waals surface area contributed by atoms with E-state index in [0.29, 0.717) is 11.0 Å². The van der Waals surface area contributed by atoms with Gasteiger partial charge in [-0.3, -0.25) is 0 Å². The lowest BCUT2D eigenvalue weighted by Crippen LogP contribution is -2.24. The van der Waals surface area contributed by atoms with E-state index >= 15 is 0 Å². The number of thioether (sulfide) groups is 1. The summed E-state index contributed by atoms with van der Waals surface area (Å²) in [6, 6.07) is 0. The number of hydrogen-bond acceptors (Lipinski definition) is 7. The minimum absolute atomic E-state index is 0.157. The fourth-order valence-corrected chi connectivity index (χ4v) is 4.25. The van der Waals surface area contributed by atoms with Crippen LogP contribution in [0.3, 0.4) is 0 Å². The lowest BCUT2D eigenvalue weighted by Gasteiger charge is -2.10. The van der Waals surface area contributed by atoms with Crippen molar-refractivity contribution in [1.29, 1.82) is 0 Å². The second-order valence-electron chi connectivity index (χ2n) is 4.44. The lowest BCUT2D eigenvalue weighted by atomic mass is 9.97. The molecule has 2 aromatic rings. The average Bonchev–Trinajstić information content (AvgIpc) is 2.74. The summed E-state index contributed by atoms with van der Waals surface area (Å²) in [5.74, 6) is -0.821. The molecule has 0 aliphatic heterocycles. The van der Waals surface area contributed by atoms with Crippen molar-refractivity contribution in [3.8, 4) is 0 Å². The van der Waals surface area contributed by atoms with Crippen LogP contribution in [0.4, 0.5) is 5.82 Å². The van der Waals surface area contributed by atoms with E-state index < -0.39 is 5.97 Å². The highest BCUT2D eigenvalue weighted by molar-refractivity contribution is 7.99. The van der Waals surface area contributed by atoms with Gasteiger partial charge < -0.3 is 15.6 Å². The highest BCUT2D eigenvalue weighted by atomic mass is 32.2. The van der Waals surface area contributed by atoms with E-state index in [0.717, 1.165) is 34.8 Å². The van der Waals surface area contributed by atoms with Crippen LogP contribution in [0.25, 0.3) is 10.2 Å². The van der Waals surface area contributed by atoms with Crippen LogP contribution in [0.2, 0.25) is 0 Å². The maximum Gasteiger partial charge on any atom is 0.191 e. The molecule has 0 saturated carbocycles. The van der Waals surface area contributed by atoms with Gasteiger partial charge in [-0.1, -0.05) is 11.8 Å². The van der Waals surface area contributed by atoms with Crippen molar-refractivity contribution in [1.82, 2.24) is 9.97 Å². The highest BCUT2D eigenvalue weighted by Crippen LogP contribution is 2.38. The molecular weight excluding hydrogens is 282 g/mol. The van der Waals surface area contributed by atoms with Crippen LogP contribution in [0.5, 0.6) is 0 Å². The van der Waals surface area contributed by atoms with Gasteiger partial charge in [-0.15, -0.1) is 11.3 Å². The van der Waals surface area contributed by atoms with Crippen LogP contribution >= 0.6 is 23.1 Å². The van der Waals surface area contributed by atoms with Crippen LogP contribution in [0.1, 0.15) is 23.3 Å². The number of hydrogen-bond donors (Lipinski definition) is 1. The summed E-state index contributed by atoms with van der Waals surface area (Å²) < 4.78 is 0. The molecule has 2 aromatic heterocycles. The summed E-state index contributed by atoms with van der Waals surface area (Å²) in [6.07, 6.45) is 4.50. The Labute approximate surface area is 118 Å². The Bertz CT molecular complexity index is 654. The number of carboxylic acid groups (broad SMARTS) is 1. The van der Waals surface area contributed by atoms with Crippen molar-refractivity contribution < 1.29 is 9.90 Å². The molecule has 0 aromatic carbocycles. The molecule has 1 aliphatic rings. The van der Waals surface area contributed by atoms with Crippen molar-refractivity contribution in [2.75, 3.05) is 11.5 Å². The predicted octanol–water partition coefficient (Wildman–Crippen LogP) is 0.994. The fraction of sp³-hybridized carbons (Fsp3) is 0.417. The number of carbonyl (C=O) groups excluding carboxylic acids is 1. The fourth-order valence-electron chi connectivity index (χ4n) is 2.35. The molecule has 0 unspecified atom stereocenters. The van der Waals surface area contributed by atoms with E-state index in [1.165, 1.54) is 23.3 Å². The number of fused-ring (bicyclic) bond motifs is 3. The topological polar surface area (TPSA) is 91.9 Å². The van der Waals surface area contributed by atoms with E-state index in [9.17, 15) is 9.90 Å². The highest BCUT2D eigenvalue weighted by Gasteiger charge is 2.20. The van der Waals surface area contributed by atoms with Crippen molar-refractivity contribution in [3.05, 3.63) is 10.4 Å². The van der Waals surface area contributed by atoms with Gasteiger partial charge in [0.25, 0.3) is 0 Å². The largest absolute Gasteiger partial charge is 0.549 e. The molecule has 1 aliphatic carbocycles. The Morgan fingerprint density at radius 2 is 2.16 bits per heavy atom. The third kappa shape index (κ3) is 2.40. The first-order valence-corrected chi connectivity index (χ1v) is 7.86. The Morgan fingerprint density at radius 3 is 2.95 bits per heavy atom. The number of nitrogens with zero attached hydrogens (tertiary/aromatic N) is 2. The first-order chi connectivity index (χ1) is 9.15. The van der Waals surface area contributed by atoms with E-state index in [-0.39, 0.29) is 5.75 Å². The van der Waals surface area contributed by atoms with Gasteiger partial charge in [0.2, 0.25) is 0 Å². The summed E-state index contributed by atoms with van der Waals surface area (Å²) in [7, 11) is 0. The first kappa shape index (κ1) is 12.7. The van der Waals surface area contributed by atoms with Gasteiger partial charge in [0.15, 0.2) is 5.16 Å². The van der Waals surface area contributed by atoms with Gasteiger partial charge in [0.05, 0.1) is 11.4 Å². The molecule has 7 heteroatoms. The summed E-state index contributed by atoms with van der Waals surface area (Å²) in [5, 5.41) is 11.8. The zero-order valence-electron chi connectivity index (χ0n) is 10.1. The zero-order valence-corrected chi connectivity index (χ0v) is 11.8. The molecule has 5 nitrogen and oxygen atoms in total. The standard InChI is InChI=1S/C12H13N3O2S2/c13-10-9-6-3-1-2-4-7(6)19-11(9)15-12(14-10)18-5-8(16)17/h1-5H2,(H,16,17)(H2,13,14,15)/p-1. The molecule has 3 rings (SSSR count). The summed E-state index contributed by atoms with van der Waals surface area (Å²) in [6.45, 7) is 0.